The van der Waals surface area contributed by atoms with Crippen LogP contribution in [0.4, 0.5) is 0 Å². The number of hydrogen-bond donors (Lipinski definition) is 0. The van der Waals surface area contributed by atoms with E-state index in [0.717, 1.165) is 10.6 Å². The van der Waals surface area contributed by atoms with E-state index >= 15 is 0 Å². The first kappa shape index (κ1) is 21.7. The minimum Gasteiger partial charge on any atom is -0.0927 e. The summed E-state index contributed by atoms with van der Waals surface area (Å²) in [6.45, 7) is 4.56. The Morgan fingerprint density at radius 2 is 1.45 bits per heavy atom. The fourth-order valence-corrected chi connectivity index (χ4v) is 7.22. The summed E-state index contributed by atoms with van der Waals surface area (Å²) in [6.07, 6.45) is 13.8. The number of unbranched alkanes of at least 4 members (excludes halogenated alkanes) is 6. The van der Waals surface area contributed by atoms with Gasteiger partial charge in [0.2, 0.25) is 0 Å². The van der Waals surface area contributed by atoms with Crippen molar-refractivity contribution in [2.45, 2.75) is 88.1 Å². The Morgan fingerprint density at radius 3 is 2.00 bits per heavy atom. The van der Waals surface area contributed by atoms with Crippen molar-refractivity contribution in [2.75, 3.05) is 11.1 Å². The third-order valence-electron chi connectivity index (χ3n) is 3.38. The molecule has 20 heavy (non-hydrogen) atoms. The molecule has 2 unspecified atom stereocenters. The molecule has 0 fully saturated rings. The zero-order chi connectivity index (χ0) is 15.1. The molecule has 0 amide bonds. The van der Waals surface area contributed by atoms with Crippen molar-refractivity contribution in [1.29, 1.82) is 0 Å². The van der Waals surface area contributed by atoms with Gasteiger partial charge in [-0.3, -0.25) is 0 Å². The Labute approximate surface area is 152 Å². The first-order chi connectivity index (χ1) is 9.74. The second kappa shape index (κ2) is 17.0. The molecule has 0 aromatic rings. The van der Waals surface area contributed by atoms with Crippen molar-refractivity contribution in [2.24, 2.45) is 0 Å². The molecule has 0 heterocycles. The lowest BCUT2D eigenvalue weighted by Gasteiger charge is -2.14. The van der Waals surface area contributed by atoms with Crippen LogP contribution in [-0.4, -0.2) is 21.2 Å². The molecule has 0 radical (unpaired) electrons. The highest BCUT2D eigenvalue weighted by molar-refractivity contribution is 9.10. The highest BCUT2D eigenvalue weighted by Gasteiger charge is 2.10. The Kier molecular flexibility index (Phi) is 18.4. The van der Waals surface area contributed by atoms with E-state index in [9.17, 15) is 0 Å². The average molecular weight is 448 g/mol. The fraction of sp³-hybridized carbons (Fsp3) is 1.00. The molecule has 122 valence electrons. The van der Waals surface area contributed by atoms with Gasteiger partial charge in [-0.15, -0.1) is 0 Å². The van der Waals surface area contributed by atoms with Gasteiger partial charge in [-0.2, -0.15) is 0 Å². The molecule has 0 rings (SSSR count). The maximum atomic E-state index is 3.83. The zero-order valence-corrected chi connectivity index (χ0v) is 18.0. The molecule has 0 aromatic heterocycles. The van der Waals surface area contributed by atoms with Crippen LogP contribution < -0.4 is 0 Å². The largest absolute Gasteiger partial charge is 0.0927 e. The maximum Gasteiger partial charge on any atom is 0.0248 e. The van der Waals surface area contributed by atoms with Crippen LogP contribution in [0.2, 0.25) is 0 Å². The number of rotatable bonds is 15. The van der Waals surface area contributed by atoms with E-state index in [-0.39, 0.29) is 0 Å². The molecule has 0 bridgehead atoms. The summed E-state index contributed by atoms with van der Waals surface area (Å²) in [5.74, 6) is 1.25. The molecule has 2 atom stereocenters. The van der Waals surface area contributed by atoms with Gasteiger partial charge in [0.1, 0.15) is 0 Å². The smallest absolute Gasteiger partial charge is 0.0248 e. The quantitative estimate of drug-likeness (QED) is 0.142. The maximum absolute atomic E-state index is 3.83. The van der Waals surface area contributed by atoms with Crippen LogP contribution in [0.5, 0.6) is 0 Å². The van der Waals surface area contributed by atoms with Crippen LogP contribution in [0.3, 0.4) is 0 Å². The molecule has 0 saturated heterocycles. The van der Waals surface area contributed by atoms with Crippen LogP contribution in [0.1, 0.15) is 78.1 Å². The Hall–Kier alpha value is 1.66. The van der Waals surface area contributed by atoms with Crippen molar-refractivity contribution in [3.8, 4) is 0 Å². The predicted octanol–water partition coefficient (Wildman–Crippen LogP) is 7.84. The van der Waals surface area contributed by atoms with Gasteiger partial charge in [-0.1, -0.05) is 119 Å². The van der Waals surface area contributed by atoms with Gasteiger partial charge in [0.15, 0.2) is 0 Å². The Morgan fingerprint density at radius 1 is 0.850 bits per heavy atom. The van der Waals surface area contributed by atoms with Crippen molar-refractivity contribution in [3.05, 3.63) is 0 Å². The summed E-state index contributed by atoms with van der Waals surface area (Å²) in [7, 11) is 4.15. The van der Waals surface area contributed by atoms with Gasteiger partial charge in [-0.05, 0) is 12.8 Å². The van der Waals surface area contributed by atoms with E-state index in [2.05, 4.69) is 67.3 Å². The van der Waals surface area contributed by atoms with Gasteiger partial charge in [0.25, 0.3) is 0 Å². The monoisotopic (exact) mass is 446 g/mol. The average Bonchev–Trinajstić information content (AvgIpc) is 2.46. The summed E-state index contributed by atoms with van der Waals surface area (Å²) >= 11 is 7.49. The molecule has 0 spiro atoms. The van der Waals surface area contributed by atoms with Crippen LogP contribution in [0, 0.1) is 0 Å². The zero-order valence-electron chi connectivity index (χ0n) is 13.2. The molecule has 0 aliphatic heterocycles. The van der Waals surface area contributed by atoms with Gasteiger partial charge in [0.05, 0.1) is 0 Å². The fourth-order valence-electron chi connectivity index (χ4n) is 2.04. The molecular weight excluding hydrogens is 416 g/mol. The standard InChI is InChI=1S/C16H32Br2S2/c1-3-5-7-9-11-15(18)14-19-20-16(13-17)12-10-8-6-4-2/h15-16H,3-14H2,1-2H3. The van der Waals surface area contributed by atoms with Crippen molar-refractivity contribution in [1.82, 2.24) is 0 Å². The van der Waals surface area contributed by atoms with Crippen molar-refractivity contribution < 1.29 is 0 Å². The van der Waals surface area contributed by atoms with Gasteiger partial charge >= 0.3 is 0 Å². The van der Waals surface area contributed by atoms with E-state index in [1.165, 1.54) is 70.0 Å². The summed E-state index contributed by atoms with van der Waals surface area (Å²) in [5, 5.41) is 1.93. The van der Waals surface area contributed by atoms with E-state index in [4.69, 9.17) is 0 Å². The minimum absolute atomic E-state index is 0.702. The molecular formula is C16H32Br2S2. The number of halogens is 2. The summed E-state index contributed by atoms with van der Waals surface area (Å²) in [5.41, 5.74) is 0. The van der Waals surface area contributed by atoms with Crippen LogP contribution >= 0.6 is 53.4 Å². The Balaban J connectivity index is 3.47. The third-order valence-corrected chi connectivity index (χ3v) is 8.78. The first-order valence-corrected chi connectivity index (χ1v) is 12.6. The summed E-state index contributed by atoms with van der Waals surface area (Å²) in [6, 6.07) is 0. The summed E-state index contributed by atoms with van der Waals surface area (Å²) in [4.78, 5) is 0.702. The molecule has 0 N–H and O–H groups in total. The molecule has 0 aromatic carbocycles. The van der Waals surface area contributed by atoms with E-state index in [1.54, 1.807) is 0 Å². The third kappa shape index (κ3) is 14.6. The molecule has 0 saturated carbocycles. The number of alkyl halides is 2. The van der Waals surface area contributed by atoms with Crippen LogP contribution in [0.15, 0.2) is 0 Å². The van der Waals surface area contributed by atoms with E-state index in [0.29, 0.717) is 4.83 Å². The van der Waals surface area contributed by atoms with E-state index < -0.39 is 0 Å². The SMILES string of the molecule is CCCCCCC(Br)CSSC(CBr)CCCCCC. The normalized spacial score (nSPS) is 14.4. The van der Waals surface area contributed by atoms with E-state index in [1.807, 2.05) is 0 Å². The summed E-state index contributed by atoms with van der Waals surface area (Å²) < 4.78 is 0. The van der Waals surface area contributed by atoms with Crippen molar-refractivity contribution >= 4 is 53.4 Å². The van der Waals surface area contributed by atoms with Crippen LogP contribution in [-0.2, 0) is 0 Å². The second-order valence-corrected chi connectivity index (χ2v) is 10.1. The lowest BCUT2D eigenvalue weighted by Crippen LogP contribution is -2.05. The van der Waals surface area contributed by atoms with Crippen molar-refractivity contribution in [3.63, 3.8) is 0 Å². The lowest BCUT2D eigenvalue weighted by atomic mass is 10.1. The lowest BCUT2D eigenvalue weighted by molar-refractivity contribution is 0.634. The second-order valence-electron chi connectivity index (χ2n) is 5.45. The minimum atomic E-state index is 0.702. The molecule has 0 aliphatic carbocycles. The Bertz CT molecular complexity index is 191. The first-order valence-electron chi connectivity index (χ1n) is 8.22. The van der Waals surface area contributed by atoms with Gasteiger partial charge in [0, 0.05) is 21.2 Å². The molecule has 0 nitrogen and oxygen atoms in total. The van der Waals surface area contributed by atoms with Gasteiger partial charge < -0.3 is 0 Å². The number of hydrogen-bond acceptors (Lipinski definition) is 2. The highest BCUT2D eigenvalue weighted by atomic mass is 79.9. The van der Waals surface area contributed by atoms with Crippen LogP contribution in [0.25, 0.3) is 0 Å². The highest BCUT2D eigenvalue weighted by Crippen LogP contribution is 2.33. The predicted molar refractivity (Wildman–Crippen MR) is 108 cm³/mol. The topological polar surface area (TPSA) is 0 Å². The molecule has 0 aliphatic rings. The van der Waals surface area contributed by atoms with Gasteiger partial charge in [-0.25, -0.2) is 0 Å². The molecule has 4 heteroatoms.